The maximum atomic E-state index is 12.2. The van der Waals surface area contributed by atoms with Crippen LogP contribution >= 0.6 is 0 Å². The Balaban J connectivity index is 1.84. The van der Waals surface area contributed by atoms with Crippen LogP contribution in [0.4, 0.5) is 0 Å². The molecule has 2 rings (SSSR count). The van der Waals surface area contributed by atoms with Crippen LogP contribution in [0.15, 0.2) is 29.3 Å². The smallest absolute Gasteiger partial charge is 0.213 e. The molecule has 7 nitrogen and oxygen atoms in total. The van der Waals surface area contributed by atoms with Gasteiger partial charge in [0, 0.05) is 19.7 Å². The molecule has 1 aromatic carbocycles. The summed E-state index contributed by atoms with van der Waals surface area (Å²) in [5.74, 6) is 0.570. The molecule has 1 heterocycles. The van der Waals surface area contributed by atoms with Crippen molar-refractivity contribution in [1.29, 1.82) is 0 Å². The van der Waals surface area contributed by atoms with E-state index in [9.17, 15) is 8.42 Å². The van der Waals surface area contributed by atoms with Crippen LogP contribution < -0.4 is 15.4 Å². The maximum Gasteiger partial charge on any atom is 0.213 e. The number of ether oxygens (including phenoxy) is 1. The van der Waals surface area contributed by atoms with E-state index in [0.29, 0.717) is 25.7 Å². The molecule has 0 aliphatic carbocycles. The van der Waals surface area contributed by atoms with Crippen molar-refractivity contribution in [2.45, 2.75) is 58.6 Å². The number of hydrogen-bond donors (Lipinski definition) is 3. The molecule has 0 amide bonds. The lowest BCUT2D eigenvalue weighted by atomic mass is 10.1. The summed E-state index contributed by atoms with van der Waals surface area (Å²) in [6.45, 7) is 8.15. The molecule has 2 atom stereocenters. The van der Waals surface area contributed by atoms with E-state index < -0.39 is 10.0 Å². The van der Waals surface area contributed by atoms with Crippen molar-refractivity contribution in [2.24, 2.45) is 4.99 Å². The third-order valence-corrected chi connectivity index (χ3v) is 6.35. The Kier molecular flexibility index (Phi) is 9.90. The summed E-state index contributed by atoms with van der Waals surface area (Å²) in [5.41, 5.74) is 2.47. The number of nitrogens with one attached hydrogen (secondary N) is 3. The lowest BCUT2D eigenvalue weighted by molar-refractivity contribution is 0.0200. The quantitative estimate of drug-likeness (QED) is 0.396. The molecule has 164 valence electrons. The number of aliphatic imine (C=N–C) groups is 1. The molecule has 0 saturated carbocycles. The molecule has 1 saturated heterocycles. The van der Waals surface area contributed by atoms with Crippen LogP contribution in [0.2, 0.25) is 0 Å². The highest BCUT2D eigenvalue weighted by molar-refractivity contribution is 7.89. The average molecular weight is 425 g/mol. The fourth-order valence-corrected chi connectivity index (χ4v) is 4.10. The van der Waals surface area contributed by atoms with Crippen LogP contribution in [0.5, 0.6) is 0 Å². The highest BCUT2D eigenvalue weighted by Gasteiger charge is 2.17. The molecule has 0 spiro atoms. The third kappa shape index (κ3) is 8.72. The summed E-state index contributed by atoms with van der Waals surface area (Å²) in [6, 6.07) is 8.55. The first-order valence-electron chi connectivity index (χ1n) is 10.7. The van der Waals surface area contributed by atoms with Crippen LogP contribution in [0.25, 0.3) is 0 Å². The number of benzene rings is 1. The van der Waals surface area contributed by atoms with Crippen LogP contribution in [0.1, 0.15) is 57.2 Å². The van der Waals surface area contributed by atoms with E-state index in [4.69, 9.17) is 4.74 Å². The molecular formula is C21H36N4O3S. The van der Waals surface area contributed by atoms with Gasteiger partial charge in [-0.25, -0.2) is 13.1 Å². The van der Waals surface area contributed by atoms with Crippen molar-refractivity contribution >= 4 is 16.0 Å². The summed E-state index contributed by atoms with van der Waals surface area (Å²) in [6.07, 6.45) is 4.06. The van der Waals surface area contributed by atoms with Gasteiger partial charge in [0.05, 0.1) is 24.4 Å². The molecule has 1 aromatic rings. The summed E-state index contributed by atoms with van der Waals surface area (Å²) >= 11 is 0. The van der Waals surface area contributed by atoms with Gasteiger partial charge in [0.1, 0.15) is 0 Å². The van der Waals surface area contributed by atoms with Crippen LogP contribution in [0, 0.1) is 0 Å². The molecule has 0 radical (unpaired) electrons. The first-order valence-corrected chi connectivity index (χ1v) is 12.3. The highest BCUT2D eigenvalue weighted by Crippen LogP contribution is 2.14. The lowest BCUT2D eigenvalue weighted by Gasteiger charge is -2.22. The normalized spacial score (nSPS) is 19.0. The van der Waals surface area contributed by atoms with E-state index in [1.54, 1.807) is 0 Å². The summed E-state index contributed by atoms with van der Waals surface area (Å²) < 4.78 is 32.7. The Morgan fingerprint density at radius 3 is 2.62 bits per heavy atom. The zero-order chi connectivity index (χ0) is 21.1. The maximum absolute atomic E-state index is 12.2. The first kappa shape index (κ1) is 23.6. The SMILES string of the molecule is CCNC(=NCCS(=O)(=O)NCC1CCCCO1)NC(C)c1ccc(CC)cc1. The van der Waals surface area contributed by atoms with E-state index in [1.807, 2.05) is 6.92 Å². The standard InChI is InChI=1S/C21H36N4O3S/c1-4-18-9-11-19(12-10-18)17(3)25-21(22-5-2)23-13-15-29(26,27)24-16-20-8-6-7-14-28-20/h9-12,17,20,24H,4-8,13-16H2,1-3H3,(H2,22,23,25). The molecule has 1 fully saturated rings. The molecule has 3 N–H and O–H groups in total. The number of rotatable bonds is 10. The van der Waals surface area contributed by atoms with E-state index in [-0.39, 0.29) is 24.4 Å². The fraction of sp³-hybridized carbons (Fsp3) is 0.667. The molecule has 0 bridgehead atoms. The van der Waals surface area contributed by atoms with Gasteiger partial charge in [-0.05, 0) is 50.7 Å². The number of aryl methyl sites for hydroxylation is 1. The van der Waals surface area contributed by atoms with Gasteiger partial charge in [-0.3, -0.25) is 4.99 Å². The monoisotopic (exact) mass is 424 g/mol. The molecule has 1 aliphatic heterocycles. The Hall–Kier alpha value is -1.64. The van der Waals surface area contributed by atoms with Gasteiger partial charge in [-0.15, -0.1) is 0 Å². The number of sulfonamides is 1. The zero-order valence-corrected chi connectivity index (χ0v) is 18.7. The number of nitrogens with zero attached hydrogens (tertiary/aromatic N) is 1. The number of guanidine groups is 1. The Morgan fingerprint density at radius 2 is 2.00 bits per heavy atom. The largest absolute Gasteiger partial charge is 0.377 e. The van der Waals surface area contributed by atoms with Crippen LogP contribution in [-0.4, -0.2) is 52.5 Å². The van der Waals surface area contributed by atoms with Gasteiger partial charge >= 0.3 is 0 Å². The minimum Gasteiger partial charge on any atom is -0.377 e. The molecule has 8 heteroatoms. The predicted octanol–water partition coefficient (Wildman–Crippen LogP) is 2.35. The van der Waals surface area contributed by atoms with Gasteiger partial charge in [0.2, 0.25) is 10.0 Å². The Bertz CT molecular complexity index is 729. The Morgan fingerprint density at radius 1 is 1.24 bits per heavy atom. The van der Waals surface area contributed by atoms with Gasteiger partial charge in [0.25, 0.3) is 0 Å². The van der Waals surface area contributed by atoms with E-state index in [2.05, 4.69) is 58.5 Å². The van der Waals surface area contributed by atoms with Gasteiger partial charge < -0.3 is 15.4 Å². The van der Waals surface area contributed by atoms with Crippen LogP contribution in [-0.2, 0) is 21.2 Å². The lowest BCUT2D eigenvalue weighted by Crippen LogP contribution is -2.40. The predicted molar refractivity (Wildman–Crippen MR) is 119 cm³/mol. The molecule has 0 aromatic heterocycles. The van der Waals surface area contributed by atoms with E-state index in [0.717, 1.165) is 31.2 Å². The molecule has 2 unspecified atom stereocenters. The van der Waals surface area contributed by atoms with Crippen LogP contribution in [0.3, 0.4) is 0 Å². The zero-order valence-electron chi connectivity index (χ0n) is 17.9. The third-order valence-electron chi connectivity index (χ3n) is 5.02. The second kappa shape index (κ2) is 12.1. The second-order valence-electron chi connectivity index (χ2n) is 7.38. The Labute approximate surface area is 175 Å². The van der Waals surface area contributed by atoms with E-state index >= 15 is 0 Å². The van der Waals surface area contributed by atoms with Crippen molar-refractivity contribution < 1.29 is 13.2 Å². The minimum absolute atomic E-state index is 0.0130. The van der Waals surface area contributed by atoms with Crippen molar-refractivity contribution in [3.05, 3.63) is 35.4 Å². The number of hydrogen-bond acceptors (Lipinski definition) is 4. The molecule has 29 heavy (non-hydrogen) atoms. The topological polar surface area (TPSA) is 91.8 Å². The van der Waals surface area contributed by atoms with Crippen molar-refractivity contribution in [2.75, 3.05) is 32.0 Å². The van der Waals surface area contributed by atoms with Crippen molar-refractivity contribution in [1.82, 2.24) is 15.4 Å². The van der Waals surface area contributed by atoms with Crippen molar-refractivity contribution in [3.8, 4) is 0 Å². The molecular weight excluding hydrogens is 388 g/mol. The van der Waals surface area contributed by atoms with E-state index in [1.165, 1.54) is 5.56 Å². The van der Waals surface area contributed by atoms with Gasteiger partial charge in [-0.1, -0.05) is 31.2 Å². The molecule has 1 aliphatic rings. The van der Waals surface area contributed by atoms with Crippen molar-refractivity contribution in [3.63, 3.8) is 0 Å². The highest BCUT2D eigenvalue weighted by atomic mass is 32.2. The van der Waals surface area contributed by atoms with Gasteiger partial charge in [0.15, 0.2) is 5.96 Å². The minimum atomic E-state index is -3.37. The second-order valence-corrected chi connectivity index (χ2v) is 9.30. The average Bonchev–Trinajstić information content (AvgIpc) is 2.73. The van der Waals surface area contributed by atoms with Gasteiger partial charge in [-0.2, -0.15) is 0 Å². The summed E-state index contributed by atoms with van der Waals surface area (Å²) in [4.78, 5) is 4.44. The summed E-state index contributed by atoms with van der Waals surface area (Å²) in [7, 11) is -3.37. The summed E-state index contributed by atoms with van der Waals surface area (Å²) in [5, 5.41) is 6.52. The first-order chi connectivity index (χ1) is 13.9. The fourth-order valence-electron chi connectivity index (χ4n) is 3.19.